The highest BCUT2D eigenvalue weighted by Gasteiger charge is 2.04. The number of hydrogen-bond acceptors (Lipinski definition) is 5. The van der Waals surface area contributed by atoms with Crippen molar-refractivity contribution < 1.29 is 13.7 Å². The molecule has 16 heavy (non-hydrogen) atoms. The summed E-state index contributed by atoms with van der Waals surface area (Å²) in [5, 5.41) is 12.1. The molecule has 0 unspecified atom stereocenters. The van der Waals surface area contributed by atoms with Crippen molar-refractivity contribution in [2.75, 3.05) is 0 Å². The molecule has 0 atom stereocenters. The number of rotatable bonds is 3. The van der Waals surface area contributed by atoms with E-state index in [4.69, 9.17) is 10.00 Å². The monoisotopic (exact) mass is 219 g/mol. The number of benzene rings is 1. The van der Waals surface area contributed by atoms with Gasteiger partial charge in [0.2, 0.25) is 12.2 Å². The Bertz CT molecular complexity index is 519. The first kappa shape index (κ1) is 10.1. The van der Waals surface area contributed by atoms with Crippen molar-refractivity contribution in [1.82, 2.24) is 10.1 Å². The summed E-state index contributed by atoms with van der Waals surface area (Å²) < 4.78 is 22.9. The van der Waals surface area contributed by atoms with Crippen LogP contribution in [0.4, 0.5) is 4.39 Å². The van der Waals surface area contributed by atoms with Gasteiger partial charge in [-0.2, -0.15) is 10.2 Å². The second-order valence-corrected chi connectivity index (χ2v) is 2.89. The zero-order chi connectivity index (χ0) is 11.4. The van der Waals surface area contributed by atoms with E-state index in [2.05, 4.69) is 14.7 Å². The minimum Gasteiger partial charge on any atom is -0.485 e. The van der Waals surface area contributed by atoms with Gasteiger partial charge in [0.1, 0.15) is 17.6 Å². The molecule has 1 heterocycles. The summed E-state index contributed by atoms with van der Waals surface area (Å²) in [7, 11) is 0. The average Bonchev–Trinajstić information content (AvgIpc) is 2.79. The lowest BCUT2D eigenvalue weighted by Gasteiger charge is -2.03. The quantitative estimate of drug-likeness (QED) is 0.784. The maximum atomic E-state index is 13.2. The molecule has 6 heteroatoms. The van der Waals surface area contributed by atoms with E-state index >= 15 is 0 Å². The number of halogens is 1. The Morgan fingerprint density at radius 3 is 3.00 bits per heavy atom. The summed E-state index contributed by atoms with van der Waals surface area (Å²) in [4.78, 5) is 3.74. The smallest absolute Gasteiger partial charge is 0.213 e. The number of aromatic nitrogens is 2. The van der Waals surface area contributed by atoms with Gasteiger partial charge in [0, 0.05) is 6.07 Å². The minimum absolute atomic E-state index is 0.0214. The largest absolute Gasteiger partial charge is 0.485 e. The Labute approximate surface area is 90.1 Å². The number of nitrogens with zero attached hydrogens (tertiary/aromatic N) is 3. The van der Waals surface area contributed by atoms with Gasteiger partial charge in [-0.15, -0.1) is 0 Å². The van der Waals surface area contributed by atoms with Crippen molar-refractivity contribution in [2.45, 2.75) is 6.61 Å². The molecule has 5 nitrogen and oxygen atoms in total. The van der Waals surface area contributed by atoms with Crippen LogP contribution in [-0.4, -0.2) is 10.1 Å². The molecule has 2 rings (SSSR count). The van der Waals surface area contributed by atoms with Crippen LogP contribution in [0.25, 0.3) is 0 Å². The zero-order valence-electron chi connectivity index (χ0n) is 8.05. The summed E-state index contributed by atoms with van der Waals surface area (Å²) in [6.45, 7) is 0.0852. The van der Waals surface area contributed by atoms with Gasteiger partial charge in [0.05, 0.1) is 5.56 Å². The third-order valence-electron chi connectivity index (χ3n) is 1.84. The molecular weight excluding hydrogens is 213 g/mol. The minimum atomic E-state index is -0.617. The predicted molar refractivity (Wildman–Crippen MR) is 49.7 cm³/mol. The fraction of sp³-hybridized carbons (Fsp3) is 0.100. The highest BCUT2D eigenvalue weighted by molar-refractivity contribution is 5.36. The van der Waals surface area contributed by atoms with E-state index in [0.29, 0.717) is 11.6 Å². The molecule has 80 valence electrons. The van der Waals surface area contributed by atoms with E-state index < -0.39 is 5.82 Å². The first-order valence-electron chi connectivity index (χ1n) is 4.37. The van der Waals surface area contributed by atoms with Crippen molar-refractivity contribution in [3.63, 3.8) is 0 Å². The normalized spacial score (nSPS) is 9.75. The van der Waals surface area contributed by atoms with Crippen LogP contribution in [0.2, 0.25) is 0 Å². The second kappa shape index (κ2) is 4.40. The molecule has 0 saturated heterocycles. The van der Waals surface area contributed by atoms with E-state index in [1.165, 1.54) is 18.5 Å². The van der Waals surface area contributed by atoms with Crippen LogP contribution in [-0.2, 0) is 6.61 Å². The van der Waals surface area contributed by atoms with Crippen LogP contribution in [0.3, 0.4) is 0 Å². The molecule has 0 spiro atoms. The van der Waals surface area contributed by atoms with E-state index in [1.807, 2.05) is 0 Å². The average molecular weight is 219 g/mol. The molecule has 0 fully saturated rings. The summed E-state index contributed by atoms with van der Waals surface area (Å²) in [6.07, 6.45) is 1.18. The topological polar surface area (TPSA) is 71.9 Å². The molecule has 2 aromatic rings. The molecular formula is C10H6FN3O2. The van der Waals surface area contributed by atoms with Crippen molar-refractivity contribution >= 4 is 0 Å². The summed E-state index contributed by atoms with van der Waals surface area (Å²) in [5.74, 6) is 0.0548. The molecule has 0 amide bonds. The Morgan fingerprint density at radius 1 is 1.50 bits per heavy atom. The lowest BCUT2D eigenvalue weighted by molar-refractivity contribution is 0.285. The first-order valence-corrected chi connectivity index (χ1v) is 4.37. The van der Waals surface area contributed by atoms with Crippen molar-refractivity contribution in [2.24, 2.45) is 0 Å². The van der Waals surface area contributed by atoms with Crippen LogP contribution >= 0.6 is 0 Å². The Kier molecular flexibility index (Phi) is 2.78. The predicted octanol–water partition coefficient (Wildman–Crippen LogP) is 1.66. The molecule has 0 aliphatic rings. The maximum absolute atomic E-state index is 13.2. The SMILES string of the molecule is N#Cc1ccc(OCc2ncon2)cc1F. The van der Waals surface area contributed by atoms with Crippen LogP contribution < -0.4 is 4.74 Å². The third kappa shape index (κ3) is 2.15. The Morgan fingerprint density at radius 2 is 2.38 bits per heavy atom. The van der Waals surface area contributed by atoms with Gasteiger partial charge < -0.3 is 9.26 Å². The van der Waals surface area contributed by atoms with Crippen LogP contribution in [0.1, 0.15) is 11.4 Å². The highest BCUT2D eigenvalue weighted by atomic mass is 19.1. The molecule has 0 N–H and O–H groups in total. The fourth-order valence-corrected chi connectivity index (χ4v) is 1.08. The van der Waals surface area contributed by atoms with Crippen LogP contribution in [0, 0.1) is 17.1 Å². The number of nitriles is 1. The van der Waals surface area contributed by atoms with Crippen molar-refractivity contribution in [3.8, 4) is 11.8 Å². The Hall–Kier alpha value is -2.42. The molecule has 0 radical (unpaired) electrons. The zero-order valence-corrected chi connectivity index (χ0v) is 8.05. The van der Waals surface area contributed by atoms with Crippen LogP contribution in [0.15, 0.2) is 29.1 Å². The van der Waals surface area contributed by atoms with Gasteiger partial charge in [-0.3, -0.25) is 0 Å². The molecule has 0 bridgehead atoms. The molecule has 1 aromatic carbocycles. The van der Waals surface area contributed by atoms with E-state index in [1.54, 1.807) is 6.07 Å². The fourth-order valence-electron chi connectivity index (χ4n) is 1.08. The molecule has 0 aliphatic heterocycles. The molecule has 0 aliphatic carbocycles. The van der Waals surface area contributed by atoms with Gasteiger partial charge >= 0.3 is 0 Å². The van der Waals surface area contributed by atoms with Crippen LogP contribution in [0.5, 0.6) is 5.75 Å². The lowest BCUT2D eigenvalue weighted by atomic mass is 10.2. The van der Waals surface area contributed by atoms with E-state index in [9.17, 15) is 4.39 Å². The van der Waals surface area contributed by atoms with Gasteiger partial charge in [-0.25, -0.2) is 4.39 Å². The van der Waals surface area contributed by atoms with Crippen molar-refractivity contribution in [3.05, 3.63) is 41.8 Å². The van der Waals surface area contributed by atoms with Gasteiger partial charge in [0.25, 0.3) is 0 Å². The number of hydrogen-bond donors (Lipinski definition) is 0. The standard InChI is InChI=1S/C10H6FN3O2/c11-9-3-8(2-1-7(9)4-12)15-5-10-13-6-16-14-10/h1-3,6H,5H2. The Balaban J connectivity index is 2.06. The second-order valence-electron chi connectivity index (χ2n) is 2.89. The molecule has 0 saturated carbocycles. The first-order chi connectivity index (χ1) is 7.79. The van der Waals surface area contributed by atoms with E-state index in [0.717, 1.165) is 6.07 Å². The summed E-state index contributed by atoms with van der Waals surface area (Å²) >= 11 is 0. The van der Waals surface area contributed by atoms with Crippen molar-refractivity contribution in [1.29, 1.82) is 5.26 Å². The van der Waals surface area contributed by atoms with Gasteiger partial charge in [-0.05, 0) is 12.1 Å². The van der Waals surface area contributed by atoms with Gasteiger partial charge in [0.15, 0.2) is 6.61 Å². The van der Waals surface area contributed by atoms with E-state index in [-0.39, 0.29) is 12.2 Å². The highest BCUT2D eigenvalue weighted by Crippen LogP contribution is 2.16. The maximum Gasteiger partial charge on any atom is 0.213 e. The summed E-state index contributed by atoms with van der Waals surface area (Å²) in [5.41, 5.74) is -0.0214. The molecule has 1 aromatic heterocycles. The lowest BCUT2D eigenvalue weighted by Crippen LogP contribution is -1.98. The third-order valence-corrected chi connectivity index (χ3v) is 1.84. The van der Waals surface area contributed by atoms with Gasteiger partial charge in [-0.1, -0.05) is 5.16 Å². The summed E-state index contributed by atoms with van der Waals surface area (Å²) in [6, 6.07) is 5.71. The number of ether oxygens (including phenoxy) is 1.